The van der Waals surface area contributed by atoms with Gasteiger partial charge in [-0.05, 0) is 18.8 Å². The van der Waals surface area contributed by atoms with Gasteiger partial charge in [-0.2, -0.15) is 0 Å². The molecule has 0 aliphatic rings. The molecule has 0 aliphatic heterocycles. The lowest BCUT2D eigenvalue weighted by Gasteiger charge is -2.09. The second-order valence-electron chi connectivity index (χ2n) is 4.74. The molecule has 0 amide bonds. The zero-order valence-corrected chi connectivity index (χ0v) is 12.2. The predicted octanol–water partition coefficient (Wildman–Crippen LogP) is 3.45. The maximum atomic E-state index is 11.0. The summed E-state index contributed by atoms with van der Waals surface area (Å²) in [5.41, 5.74) is -0.245. The van der Waals surface area contributed by atoms with Crippen LogP contribution in [0.3, 0.4) is 0 Å². The number of rotatable bonds is 7. The summed E-state index contributed by atoms with van der Waals surface area (Å²) in [4.78, 5) is 18.6. The molecule has 1 N–H and O–H groups in total. The van der Waals surface area contributed by atoms with Crippen molar-refractivity contribution in [2.45, 2.75) is 40.0 Å². The number of nitrogens with zero attached hydrogens (tertiary/aromatic N) is 3. The second-order valence-corrected chi connectivity index (χ2v) is 5.10. The predicted molar refractivity (Wildman–Crippen MR) is 75.6 cm³/mol. The number of hydrogen-bond acceptors (Lipinski definition) is 5. The average Bonchev–Trinajstić information content (AvgIpc) is 2.27. The largest absolute Gasteiger partial charge is 0.364 e. The third-order valence-corrected chi connectivity index (χ3v) is 2.82. The molecule has 6 nitrogen and oxygen atoms in total. The third kappa shape index (κ3) is 4.63. The molecule has 0 atom stereocenters. The summed E-state index contributed by atoms with van der Waals surface area (Å²) in [6, 6.07) is 0. The Morgan fingerprint density at radius 3 is 2.63 bits per heavy atom. The van der Waals surface area contributed by atoms with Crippen LogP contribution in [0.25, 0.3) is 0 Å². The van der Waals surface area contributed by atoms with Crippen LogP contribution < -0.4 is 5.32 Å². The Hall–Kier alpha value is -1.43. The van der Waals surface area contributed by atoms with E-state index in [9.17, 15) is 10.1 Å². The molecule has 19 heavy (non-hydrogen) atoms. The maximum absolute atomic E-state index is 11.0. The molecular formula is C12H19ClN4O2. The number of aryl methyl sites for hydroxylation is 1. The van der Waals surface area contributed by atoms with E-state index in [1.54, 1.807) is 0 Å². The second kappa shape index (κ2) is 7.23. The fraction of sp³-hybridized carbons (Fsp3) is 0.667. The molecule has 0 spiro atoms. The van der Waals surface area contributed by atoms with Crippen LogP contribution in [0.5, 0.6) is 0 Å². The van der Waals surface area contributed by atoms with Gasteiger partial charge in [-0.1, -0.05) is 32.4 Å². The maximum Gasteiger partial charge on any atom is 0.348 e. The minimum absolute atomic E-state index is 0.101. The Morgan fingerprint density at radius 1 is 1.42 bits per heavy atom. The van der Waals surface area contributed by atoms with Crippen molar-refractivity contribution in [2.24, 2.45) is 5.92 Å². The van der Waals surface area contributed by atoms with Crippen molar-refractivity contribution < 1.29 is 4.92 Å². The fourth-order valence-corrected chi connectivity index (χ4v) is 1.83. The molecule has 1 aromatic rings. The van der Waals surface area contributed by atoms with E-state index in [-0.39, 0.29) is 16.7 Å². The van der Waals surface area contributed by atoms with Crippen molar-refractivity contribution in [1.82, 2.24) is 9.97 Å². The zero-order chi connectivity index (χ0) is 14.4. The molecular weight excluding hydrogens is 268 g/mol. The van der Waals surface area contributed by atoms with Gasteiger partial charge in [-0.25, -0.2) is 9.97 Å². The molecule has 7 heteroatoms. The van der Waals surface area contributed by atoms with E-state index in [4.69, 9.17) is 11.6 Å². The number of nitrogens with one attached hydrogen (secondary N) is 1. The molecule has 0 aliphatic carbocycles. The van der Waals surface area contributed by atoms with Crippen molar-refractivity contribution >= 4 is 23.1 Å². The highest BCUT2D eigenvalue weighted by atomic mass is 35.5. The monoisotopic (exact) mass is 286 g/mol. The van der Waals surface area contributed by atoms with Crippen LogP contribution >= 0.6 is 11.6 Å². The van der Waals surface area contributed by atoms with Gasteiger partial charge in [0.05, 0.1) is 4.92 Å². The van der Waals surface area contributed by atoms with Crippen molar-refractivity contribution in [3.8, 4) is 0 Å². The fourth-order valence-electron chi connectivity index (χ4n) is 1.57. The summed E-state index contributed by atoms with van der Waals surface area (Å²) >= 11 is 5.87. The topological polar surface area (TPSA) is 81.0 Å². The normalized spacial score (nSPS) is 10.8. The highest BCUT2D eigenvalue weighted by Gasteiger charge is 2.23. The Morgan fingerprint density at radius 2 is 2.11 bits per heavy atom. The highest BCUT2D eigenvalue weighted by molar-refractivity contribution is 6.31. The zero-order valence-electron chi connectivity index (χ0n) is 11.4. The van der Waals surface area contributed by atoms with Gasteiger partial charge in [0.15, 0.2) is 0 Å². The first kappa shape index (κ1) is 15.6. The van der Waals surface area contributed by atoms with Gasteiger partial charge in [0.2, 0.25) is 11.0 Å². The third-order valence-electron chi connectivity index (χ3n) is 2.56. The lowest BCUT2D eigenvalue weighted by atomic mass is 10.1. The number of halogens is 1. The van der Waals surface area contributed by atoms with E-state index in [0.717, 1.165) is 12.8 Å². The van der Waals surface area contributed by atoms with Crippen LogP contribution in [0.2, 0.25) is 5.15 Å². The summed E-state index contributed by atoms with van der Waals surface area (Å²) in [7, 11) is 0. The summed E-state index contributed by atoms with van der Waals surface area (Å²) in [6.07, 6.45) is 2.41. The number of aromatic nitrogens is 2. The number of anilines is 1. The first-order chi connectivity index (χ1) is 8.95. The SMILES string of the molecule is CCCc1nc(Cl)c([N+](=O)[O-])c(NCCC(C)C)n1. The molecule has 1 heterocycles. The highest BCUT2D eigenvalue weighted by Crippen LogP contribution is 2.29. The van der Waals surface area contributed by atoms with Crippen molar-refractivity contribution in [1.29, 1.82) is 0 Å². The minimum Gasteiger partial charge on any atom is -0.364 e. The molecule has 0 aromatic carbocycles. The van der Waals surface area contributed by atoms with Gasteiger partial charge in [0, 0.05) is 13.0 Å². The van der Waals surface area contributed by atoms with E-state index >= 15 is 0 Å². The lowest BCUT2D eigenvalue weighted by Crippen LogP contribution is -2.11. The molecule has 0 fully saturated rings. The van der Waals surface area contributed by atoms with Crippen LogP contribution in [0.4, 0.5) is 11.5 Å². The molecule has 0 saturated carbocycles. The molecule has 1 aromatic heterocycles. The van der Waals surface area contributed by atoms with Crippen LogP contribution in [-0.2, 0) is 6.42 Å². The molecule has 1 rings (SSSR count). The van der Waals surface area contributed by atoms with Gasteiger partial charge >= 0.3 is 5.69 Å². The molecule has 106 valence electrons. The van der Waals surface area contributed by atoms with Crippen LogP contribution in [0.1, 0.15) is 39.4 Å². The van der Waals surface area contributed by atoms with Crippen LogP contribution in [0, 0.1) is 16.0 Å². The van der Waals surface area contributed by atoms with E-state index in [2.05, 4.69) is 29.1 Å². The van der Waals surface area contributed by atoms with Gasteiger partial charge in [0.1, 0.15) is 5.82 Å². The standard InChI is InChI=1S/C12H19ClN4O2/c1-4-5-9-15-11(13)10(17(18)19)12(16-9)14-7-6-8(2)3/h8H,4-7H2,1-3H3,(H,14,15,16). The average molecular weight is 287 g/mol. The van der Waals surface area contributed by atoms with E-state index in [0.29, 0.717) is 24.7 Å². The summed E-state index contributed by atoms with van der Waals surface area (Å²) < 4.78 is 0. The lowest BCUT2D eigenvalue weighted by molar-refractivity contribution is -0.384. The van der Waals surface area contributed by atoms with E-state index in [1.807, 2.05) is 6.92 Å². The number of nitro groups is 1. The minimum atomic E-state index is -0.546. The number of hydrogen-bond donors (Lipinski definition) is 1. The van der Waals surface area contributed by atoms with E-state index < -0.39 is 4.92 Å². The van der Waals surface area contributed by atoms with E-state index in [1.165, 1.54) is 0 Å². The Balaban J connectivity index is 2.99. The Kier molecular flexibility index (Phi) is 5.95. The van der Waals surface area contributed by atoms with Gasteiger partial charge in [-0.3, -0.25) is 10.1 Å². The summed E-state index contributed by atoms with van der Waals surface area (Å²) in [6.45, 7) is 6.79. The van der Waals surface area contributed by atoms with Gasteiger partial charge < -0.3 is 5.32 Å². The molecule has 0 radical (unpaired) electrons. The molecule has 0 bridgehead atoms. The quantitative estimate of drug-likeness (QED) is 0.472. The summed E-state index contributed by atoms with van der Waals surface area (Å²) in [5.74, 6) is 1.26. The van der Waals surface area contributed by atoms with Crippen LogP contribution in [0.15, 0.2) is 0 Å². The van der Waals surface area contributed by atoms with Gasteiger partial charge in [0.25, 0.3) is 0 Å². The van der Waals surface area contributed by atoms with Crippen molar-refractivity contribution in [2.75, 3.05) is 11.9 Å². The Bertz CT molecular complexity index is 452. The van der Waals surface area contributed by atoms with Crippen molar-refractivity contribution in [3.05, 3.63) is 21.1 Å². The molecule has 0 saturated heterocycles. The Labute approximate surface area is 117 Å². The van der Waals surface area contributed by atoms with Crippen molar-refractivity contribution in [3.63, 3.8) is 0 Å². The summed E-state index contributed by atoms with van der Waals surface area (Å²) in [5, 5.41) is 13.9. The van der Waals surface area contributed by atoms with Crippen LogP contribution in [-0.4, -0.2) is 21.4 Å². The first-order valence-electron chi connectivity index (χ1n) is 6.40. The smallest absolute Gasteiger partial charge is 0.348 e. The first-order valence-corrected chi connectivity index (χ1v) is 6.78. The molecule has 0 unspecified atom stereocenters. The van der Waals surface area contributed by atoms with Gasteiger partial charge in [-0.15, -0.1) is 0 Å².